The van der Waals surface area contributed by atoms with Crippen molar-refractivity contribution in [2.24, 2.45) is 0 Å². The van der Waals surface area contributed by atoms with Gasteiger partial charge in [0.15, 0.2) is 0 Å². The van der Waals surface area contributed by atoms with Gasteiger partial charge in [-0.15, -0.1) is 0 Å². The minimum absolute atomic E-state index is 0.115. The second kappa shape index (κ2) is 5.41. The Hall–Kier alpha value is -1.42. The minimum atomic E-state index is 0.115. The largest absolute Gasteiger partial charge is 0.469 e. The van der Waals surface area contributed by atoms with Gasteiger partial charge in [-0.1, -0.05) is 24.3 Å². The topological polar surface area (TPSA) is 35.0 Å². The first-order valence-electron chi connectivity index (χ1n) is 7.58. The van der Waals surface area contributed by atoms with Gasteiger partial charge in [-0.05, 0) is 59.2 Å². The first-order chi connectivity index (χ1) is 10.3. The summed E-state index contributed by atoms with van der Waals surface area (Å²) in [5, 5.41) is 0. The van der Waals surface area contributed by atoms with Crippen LogP contribution in [0.3, 0.4) is 0 Å². The normalized spacial score (nSPS) is 20.9. The van der Waals surface area contributed by atoms with Crippen molar-refractivity contribution in [3.8, 4) is 5.88 Å². The van der Waals surface area contributed by atoms with Crippen molar-refractivity contribution in [2.45, 2.75) is 44.1 Å². The van der Waals surface area contributed by atoms with Crippen LogP contribution in [-0.4, -0.2) is 9.97 Å². The van der Waals surface area contributed by atoms with Crippen LogP contribution >= 0.6 is 15.9 Å². The maximum Gasteiger partial charge on any atom is 0.218 e. The Balaban J connectivity index is 1.62. The van der Waals surface area contributed by atoms with E-state index in [1.54, 1.807) is 0 Å². The second-order valence-electron chi connectivity index (χ2n) is 5.86. The lowest BCUT2D eigenvalue weighted by Crippen LogP contribution is -2.16. The molecule has 0 saturated heterocycles. The standard InChI is InChI=1S/C17H17BrN2O/c18-15-10-16(20-17(19-15)12-8-9-12)21-14-7-3-5-11-4-1-2-6-13(11)14/h1-2,4,6,10,12,14H,3,5,7-9H2. The van der Waals surface area contributed by atoms with Crippen LogP contribution in [0.1, 0.15) is 54.7 Å². The first kappa shape index (κ1) is 13.3. The molecule has 2 aliphatic carbocycles. The highest BCUT2D eigenvalue weighted by Crippen LogP contribution is 2.40. The molecule has 1 saturated carbocycles. The predicted molar refractivity (Wildman–Crippen MR) is 84.5 cm³/mol. The Labute approximate surface area is 132 Å². The van der Waals surface area contributed by atoms with Crippen LogP contribution in [0.25, 0.3) is 0 Å². The van der Waals surface area contributed by atoms with E-state index in [1.807, 2.05) is 6.07 Å². The Bertz CT molecular complexity index is 670. The van der Waals surface area contributed by atoms with Crippen LogP contribution in [0.5, 0.6) is 5.88 Å². The molecule has 4 rings (SSSR count). The fraction of sp³-hybridized carbons (Fsp3) is 0.412. The molecule has 0 radical (unpaired) electrons. The van der Waals surface area contributed by atoms with Crippen molar-refractivity contribution >= 4 is 15.9 Å². The molecule has 21 heavy (non-hydrogen) atoms. The number of hydrogen-bond acceptors (Lipinski definition) is 3. The maximum absolute atomic E-state index is 6.20. The number of aryl methyl sites for hydroxylation is 1. The van der Waals surface area contributed by atoms with Crippen LogP contribution in [0.4, 0.5) is 0 Å². The summed E-state index contributed by atoms with van der Waals surface area (Å²) in [5.74, 6) is 2.15. The Morgan fingerprint density at radius 1 is 1.10 bits per heavy atom. The van der Waals surface area contributed by atoms with Gasteiger partial charge in [0, 0.05) is 12.0 Å². The summed E-state index contributed by atoms with van der Waals surface area (Å²) in [6.45, 7) is 0. The Morgan fingerprint density at radius 3 is 2.81 bits per heavy atom. The van der Waals surface area contributed by atoms with Crippen LogP contribution in [-0.2, 0) is 6.42 Å². The lowest BCUT2D eigenvalue weighted by molar-refractivity contribution is 0.175. The summed E-state index contributed by atoms with van der Waals surface area (Å²) in [6, 6.07) is 10.5. The number of rotatable bonds is 3. The Kier molecular flexibility index (Phi) is 3.42. The highest BCUT2D eigenvalue weighted by atomic mass is 79.9. The van der Waals surface area contributed by atoms with Gasteiger partial charge in [-0.3, -0.25) is 0 Å². The van der Waals surface area contributed by atoms with Crippen molar-refractivity contribution in [3.63, 3.8) is 0 Å². The first-order valence-corrected chi connectivity index (χ1v) is 8.38. The third-order valence-corrected chi connectivity index (χ3v) is 4.61. The average Bonchev–Trinajstić information content (AvgIpc) is 3.32. The monoisotopic (exact) mass is 344 g/mol. The summed E-state index contributed by atoms with van der Waals surface area (Å²) >= 11 is 3.47. The molecule has 1 aromatic heterocycles. The van der Waals surface area contributed by atoms with E-state index in [9.17, 15) is 0 Å². The van der Waals surface area contributed by atoms with E-state index in [1.165, 1.54) is 30.4 Å². The number of hydrogen-bond donors (Lipinski definition) is 0. The molecule has 0 spiro atoms. The fourth-order valence-corrected chi connectivity index (χ4v) is 3.35. The van der Waals surface area contributed by atoms with Gasteiger partial charge in [0.2, 0.25) is 5.88 Å². The third-order valence-electron chi connectivity index (χ3n) is 4.21. The highest BCUT2D eigenvalue weighted by molar-refractivity contribution is 9.10. The van der Waals surface area contributed by atoms with Gasteiger partial charge in [-0.25, -0.2) is 4.98 Å². The molecular weight excluding hydrogens is 328 g/mol. The summed E-state index contributed by atoms with van der Waals surface area (Å²) in [5.41, 5.74) is 2.72. The molecule has 1 fully saturated rings. The van der Waals surface area contributed by atoms with E-state index in [0.29, 0.717) is 11.8 Å². The van der Waals surface area contributed by atoms with E-state index < -0.39 is 0 Å². The Morgan fingerprint density at radius 2 is 1.95 bits per heavy atom. The van der Waals surface area contributed by atoms with Crippen molar-refractivity contribution in [2.75, 3.05) is 0 Å². The van der Waals surface area contributed by atoms with E-state index in [0.717, 1.165) is 23.3 Å². The van der Waals surface area contributed by atoms with Gasteiger partial charge in [-0.2, -0.15) is 4.98 Å². The van der Waals surface area contributed by atoms with Crippen molar-refractivity contribution in [1.82, 2.24) is 9.97 Å². The zero-order valence-electron chi connectivity index (χ0n) is 11.8. The summed E-state index contributed by atoms with van der Waals surface area (Å²) in [6.07, 6.45) is 5.88. The van der Waals surface area contributed by atoms with Gasteiger partial charge < -0.3 is 4.74 Å². The molecule has 4 heteroatoms. The van der Waals surface area contributed by atoms with Crippen LogP contribution in [0, 0.1) is 0 Å². The summed E-state index contributed by atoms with van der Waals surface area (Å²) in [4.78, 5) is 9.06. The van der Waals surface area contributed by atoms with Crippen molar-refractivity contribution < 1.29 is 4.74 Å². The molecule has 0 N–H and O–H groups in total. The SMILES string of the molecule is Brc1cc(OC2CCCc3ccccc32)nc(C2CC2)n1. The van der Waals surface area contributed by atoms with Crippen LogP contribution in [0.2, 0.25) is 0 Å². The van der Waals surface area contributed by atoms with E-state index >= 15 is 0 Å². The zero-order valence-corrected chi connectivity index (χ0v) is 13.3. The third kappa shape index (κ3) is 2.82. The second-order valence-corrected chi connectivity index (χ2v) is 6.67. The molecule has 0 bridgehead atoms. The van der Waals surface area contributed by atoms with Crippen molar-refractivity contribution in [1.29, 1.82) is 0 Å². The average molecular weight is 345 g/mol. The minimum Gasteiger partial charge on any atom is -0.469 e. The molecular formula is C17H17BrN2O. The molecule has 3 nitrogen and oxygen atoms in total. The lowest BCUT2D eigenvalue weighted by atomic mass is 9.89. The van der Waals surface area contributed by atoms with Gasteiger partial charge in [0.25, 0.3) is 0 Å². The molecule has 1 heterocycles. The number of ether oxygens (including phenoxy) is 1. The quantitative estimate of drug-likeness (QED) is 0.764. The molecule has 108 valence electrons. The number of fused-ring (bicyclic) bond motifs is 1. The molecule has 2 aromatic rings. The molecule has 1 unspecified atom stereocenters. The van der Waals surface area contributed by atoms with Gasteiger partial charge in [0.1, 0.15) is 16.5 Å². The number of nitrogens with zero attached hydrogens (tertiary/aromatic N) is 2. The van der Waals surface area contributed by atoms with Gasteiger partial charge in [0.05, 0.1) is 0 Å². The molecule has 0 amide bonds. The predicted octanol–water partition coefficient (Wildman–Crippen LogP) is 4.57. The van der Waals surface area contributed by atoms with Crippen LogP contribution < -0.4 is 4.74 Å². The molecule has 1 atom stereocenters. The van der Waals surface area contributed by atoms with E-state index in [2.05, 4.69) is 50.2 Å². The van der Waals surface area contributed by atoms with Crippen LogP contribution in [0.15, 0.2) is 34.9 Å². The highest BCUT2D eigenvalue weighted by Gasteiger charge is 2.28. The number of benzene rings is 1. The zero-order chi connectivity index (χ0) is 14.2. The summed E-state index contributed by atoms with van der Waals surface area (Å²) < 4.78 is 7.02. The summed E-state index contributed by atoms with van der Waals surface area (Å²) in [7, 11) is 0. The van der Waals surface area contributed by atoms with E-state index in [4.69, 9.17) is 4.74 Å². The molecule has 2 aliphatic rings. The fourth-order valence-electron chi connectivity index (χ4n) is 2.98. The smallest absolute Gasteiger partial charge is 0.218 e. The lowest BCUT2D eigenvalue weighted by Gasteiger charge is -2.25. The molecule has 0 aliphatic heterocycles. The maximum atomic E-state index is 6.20. The van der Waals surface area contributed by atoms with E-state index in [-0.39, 0.29) is 6.10 Å². The van der Waals surface area contributed by atoms with Crippen molar-refractivity contribution in [3.05, 3.63) is 51.9 Å². The molecule has 1 aromatic carbocycles. The van der Waals surface area contributed by atoms with Gasteiger partial charge >= 0.3 is 0 Å². The number of halogens is 1. The number of aromatic nitrogens is 2.